The van der Waals surface area contributed by atoms with Crippen molar-refractivity contribution in [1.29, 1.82) is 0 Å². The Balaban J connectivity index is 2.15. The predicted molar refractivity (Wildman–Crippen MR) is 60.5 cm³/mol. The highest BCUT2D eigenvalue weighted by Crippen LogP contribution is 2.16. The summed E-state index contributed by atoms with van der Waals surface area (Å²) in [4.78, 5) is 15.6. The van der Waals surface area contributed by atoms with Gasteiger partial charge >= 0.3 is 0 Å². The number of nitrogens with zero attached hydrogens (tertiary/aromatic N) is 2. The van der Waals surface area contributed by atoms with E-state index in [0.717, 1.165) is 5.56 Å². The van der Waals surface area contributed by atoms with E-state index in [1.54, 1.807) is 6.07 Å². The second-order valence-electron chi connectivity index (χ2n) is 3.27. The summed E-state index contributed by atoms with van der Waals surface area (Å²) in [5.74, 6) is -0.239. The number of pyridine rings is 1. The van der Waals surface area contributed by atoms with Crippen molar-refractivity contribution in [3.8, 4) is 0 Å². The minimum Gasteiger partial charge on any atom is -0.320 e. The van der Waals surface area contributed by atoms with Crippen LogP contribution in [0.25, 0.3) is 0 Å². The Kier molecular flexibility index (Phi) is 2.87. The van der Waals surface area contributed by atoms with Gasteiger partial charge in [0.05, 0.1) is 23.6 Å². The van der Waals surface area contributed by atoms with Gasteiger partial charge in [0.1, 0.15) is 5.15 Å². The first-order chi connectivity index (χ1) is 7.66. The molecule has 0 unspecified atom stereocenters. The molecule has 0 saturated carbocycles. The van der Waals surface area contributed by atoms with E-state index in [2.05, 4.69) is 20.5 Å². The number of rotatable bonds is 2. The number of nitrogens with one attached hydrogen (secondary N) is 2. The summed E-state index contributed by atoms with van der Waals surface area (Å²) in [5, 5.41) is 9.39. The van der Waals surface area contributed by atoms with Gasteiger partial charge in [-0.3, -0.25) is 9.89 Å². The minimum atomic E-state index is -0.239. The number of hydrogen-bond acceptors (Lipinski definition) is 3. The SMILES string of the molecule is Cc1cc(NC(=O)c2cn[nH]c2)cnc1Cl. The van der Waals surface area contributed by atoms with Gasteiger partial charge in [-0.1, -0.05) is 11.6 Å². The van der Waals surface area contributed by atoms with E-state index in [0.29, 0.717) is 16.4 Å². The average Bonchev–Trinajstić information content (AvgIpc) is 2.77. The molecule has 2 aromatic heterocycles. The van der Waals surface area contributed by atoms with Gasteiger partial charge in [0, 0.05) is 6.20 Å². The third-order valence-electron chi connectivity index (χ3n) is 2.03. The largest absolute Gasteiger partial charge is 0.320 e. The molecule has 0 radical (unpaired) electrons. The van der Waals surface area contributed by atoms with Gasteiger partial charge in [-0.15, -0.1) is 0 Å². The number of carbonyl (C=O) groups excluding carboxylic acids is 1. The Morgan fingerprint density at radius 2 is 2.31 bits per heavy atom. The first-order valence-electron chi connectivity index (χ1n) is 4.59. The monoisotopic (exact) mass is 236 g/mol. The summed E-state index contributed by atoms with van der Waals surface area (Å²) in [6.07, 6.45) is 4.48. The first kappa shape index (κ1) is 10.6. The van der Waals surface area contributed by atoms with Gasteiger partial charge in [-0.25, -0.2) is 4.98 Å². The van der Waals surface area contributed by atoms with Gasteiger partial charge in [0.25, 0.3) is 5.91 Å². The summed E-state index contributed by atoms with van der Waals surface area (Å²) in [7, 11) is 0. The molecule has 0 fully saturated rings. The highest BCUT2D eigenvalue weighted by molar-refractivity contribution is 6.30. The number of halogens is 1. The van der Waals surface area contributed by atoms with Gasteiger partial charge in [0.2, 0.25) is 0 Å². The summed E-state index contributed by atoms with van der Waals surface area (Å²) >= 11 is 5.78. The zero-order valence-corrected chi connectivity index (χ0v) is 9.25. The van der Waals surface area contributed by atoms with E-state index < -0.39 is 0 Å². The maximum atomic E-state index is 11.6. The second-order valence-corrected chi connectivity index (χ2v) is 3.63. The highest BCUT2D eigenvalue weighted by atomic mass is 35.5. The van der Waals surface area contributed by atoms with Crippen molar-refractivity contribution in [2.75, 3.05) is 5.32 Å². The fraction of sp³-hybridized carbons (Fsp3) is 0.100. The zero-order chi connectivity index (χ0) is 11.5. The van der Waals surface area contributed by atoms with E-state index in [9.17, 15) is 4.79 Å². The molecular weight excluding hydrogens is 228 g/mol. The van der Waals surface area contributed by atoms with E-state index in [-0.39, 0.29) is 5.91 Å². The van der Waals surface area contributed by atoms with Crippen molar-refractivity contribution >= 4 is 23.2 Å². The lowest BCUT2D eigenvalue weighted by Gasteiger charge is -2.04. The van der Waals surface area contributed by atoms with Crippen LogP contribution < -0.4 is 5.32 Å². The number of anilines is 1. The summed E-state index contributed by atoms with van der Waals surface area (Å²) in [6.45, 7) is 1.82. The van der Waals surface area contributed by atoms with Crippen LogP contribution in [0.2, 0.25) is 5.15 Å². The Bertz CT molecular complexity index is 510. The van der Waals surface area contributed by atoms with Crippen LogP contribution in [0, 0.1) is 6.92 Å². The van der Waals surface area contributed by atoms with E-state index >= 15 is 0 Å². The lowest BCUT2D eigenvalue weighted by atomic mass is 10.3. The topological polar surface area (TPSA) is 70.7 Å². The van der Waals surface area contributed by atoms with E-state index in [1.807, 2.05) is 6.92 Å². The first-order valence-corrected chi connectivity index (χ1v) is 4.97. The highest BCUT2D eigenvalue weighted by Gasteiger charge is 2.07. The molecule has 0 aliphatic carbocycles. The van der Waals surface area contributed by atoms with Gasteiger partial charge < -0.3 is 5.32 Å². The van der Waals surface area contributed by atoms with Gasteiger partial charge in [-0.2, -0.15) is 5.10 Å². The third kappa shape index (κ3) is 2.20. The molecule has 2 rings (SSSR count). The molecule has 0 aliphatic heterocycles. The molecule has 0 bridgehead atoms. The van der Waals surface area contributed by atoms with Crippen molar-refractivity contribution in [3.05, 3.63) is 40.9 Å². The quantitative estimate of drug-likeness (QED) is 0.784. The maximum Gasteiger partial charge on any atom is 0.258 e. The molecule has 0 saturated heterocycles. The van der Waals surface area contributed by atoms with E-state index in [4.69, 9.17) is 11.6 Å². The Morgan fingerprint density at radius 1 is 1.50 bits per heavy atom. The minimum absolute atomic E-state index is 0.239. The number of aromatic nitrogens is 3. The fourth-order valence-corrected chi connectivity index (χ4v) is 1.31. The number of amides is 1. The van der Waals surface area contributed by atoms with Gasteiger partial charge in [-0.05, 0) is 18.6 Å². The Morgan fingerprint density at radius 3 is 2.94 bits per heavy atom. The predicted octanol–water partition coefficient (Wildman–Crippen LogP) is 2.02. The van der Waals surface area contributed by atoms with Crippen LogP contribution in [0.1, 0.15) is 15.9 Å². The lowest BCUT2D eigenvalue weighted by molar-refractivity contribution is 0.102. The molecule has 82 valence electrons. The standard InChI is InChI=1S/C10H9ClN4O/c1-6-2-8(5-12-9(6)11)15-10(16)7-3-13-14-4-7/h2-5H,1H3,(H,13,14)(H,15,16). The molecule has 5 nitrogen and oxygen atoms in total. The second kappa shape index (κ2) is 4.32. The van der Waals surface area contributed by atoms with Crippen LogP contribution in [0.4, 0.5) is 5.69 Å². The molecule has 2 aromatic rings. The number of hydrogen-bond donors (Lipinski definition) is 2. The third-order valence-corrected chi connectivity index (χ3v) is 2.43. The fourth-order valence-electron chi connectivity index (χ4n) is 1.20. The van der Waals surface area contributed by atoms with E-state index in [1.165, 1.54) is 18.6 Å². The Hall–Kier alpha value is -1.88. The van der Waals surface area contributed by atoms with Crippen LogP contribution >= 0.6 is 11.6 Å². The molecule has 0 atom stereocenters. The molecule has 1 amide bonds. The van der Waals surface area contributed by atoms with Crippen LogP contribution in [0.3, 0.4) is 0 Å². The molecule has 0 aliphatic rings. The number of aromatic amines is 1. The summed E-state index contributed by atoms with van der Waals surface area (Å²) in [6, 6.07) is 1.76. The van der Waals surface area contributed by atoms with Crippen molar-refractivity contribution in [3.63, 3.8) is 0 Å². The van der Waals surface area contributed by atoms with Crippen molar-refractivity contribution in [2.45, 2.75) is 6.92 Å². The summed E-state index contributed by atoms with van der Waals surface area (Å²) in [5.41, 5.74) is 1.88. The van der Waals surface area contributed by atoms with Crippen molar-refractivity contribution in [2.24, 2.45) is 0 Å². The van der Waals surface area contributed by atoms with Crippen molar-refractivity contribution in [1.82, 2.24) is 15.2 Å². The maximum absolute atomic E-state index is 11.6. The summed E-state index contributed by atoms with van der Waals surface area (Å²) < 4.78 is 0. The zero-order valence-electron chi connectivity index (χ0n) is 8.49. The lowest BCUT2D eigenvalue weighted by Crippen LogP contribution is -2.11. The average molecular weight is 237 g/mol. The van der Waals surface area contributed by atoms with Crippen LogP contribution in [-0.4, -0.2) is 21.1 Å². The molecule has 16 heavy (non-hydrogen) atoms. The molecule has 0 aromatic carbocycles. The molecule has 0 spiro atoms. The number of H-pyrrole nitrogens is 1. The van der Waals surface area contributed by atoms with Gasteiger partial charge in [0.15, 0.2) is 0 Å². The molecular formula is C10H9ClN4O. The molecule has 6 heteroatoms. The smallest absolute Gasteiger partial charge is 0.258 e. The van der Waals surface area contributed by atoms with Crippen LogP contribution in [0.5, 0.6) is 0 Å². The number of aryl methyl sites for hydroxylation is 1. The Labute approximate surface area is 96.8 Å². The van der Waals surface area contributed by atoms with Crippen molar-refractivity contribution < 1.29 is 4.79 Å². The molecule has 2 N–H and O–H groups in total. The van der Waals surface area contributed by atoms with Crippen LogP contribution in [-0.2, 0) is 0 Å². The normalized spacial score (nSPS) is 10.1. The van der Waals surface area contributed by atoms with Crippen LogP contribution in [0.15, 0.2) is 24.7 Å². The molecule has 2 heterocycles. The number of carbonyl (C=O) groups is 1.